The molecule has 0 atom stereocenters. The Balaban J connectivity index is 2.73. The highest BCUT2D eigenvalue weighted by molar-refractivity contribution is 7.15. The summed E-state index contributed by atoms with van der Waals surface area (Å²) in [7, 11) is 2.16. The first-order chi connectivity index (χ1) is 9.81. The maximum atomic E-state index is 4.89. The van der Waals surface area contributed by atoms with Crippen molar-refractivity contribution in [1.82, 2.24) is 10.3 Å². The van der Waals surface area contributed by atoms with Gasteiger partial charge >= 0.3 is 0 Å². The van der Waals surface area contributed by atoms with Crippen molar-refractivity contribution in [2.75, 3.05) is 25.0 Å². The average molecular weight is 312 g/mol. The molecule has 0 aliphatic heterocycles. The summed E-state index contributed by atoms with van der Waals surface area (Å²) >= 11 is 1.85. The van der Waals surface area contributed by atoms with Crippen LogP contribution >= 0.6 is 11.3 Å². The minimum Gasteiger partial charge on any atom is -0.351 e. The minimum absolute atomic E-state index is 0.490. The molecule has 0 amide bonds. The van der Waals surface area contributed by atoms with Crippen molar-refractivity contribution in [3.63, 3.8) is 0 Å². The average Bonchev–Trinajstić information content (AvgIpc) is 2.79. The maximum Gasteiger partial charge on any atom is 0.185 e. The molecule has 1 aromatic heterocycles. The molecule has 0 aliphatic rings. The Bertz CT molecular complexity index is 410. The number of nitrogens with one attached hydrogen (secondary N) is 1. The lowest BCUT2D eigenvalue weighted by Gasteiger charge is -2.16. The van der Waals surface area contributed by atoms with Gasteiger partial charge < -0.3 is 10.2 Å². The van der Waals surface area contributed by atoms with E-state index in [1.165, 1.54) is 22.1 Å². The third-order valence-electron chi connectivity index (χ3n) is 3.47. The molecule has 1 rings (SSSR count). The summed E-state index contributed by atoms with van der Waals surface area (Å²) in [6, 6.07) is 0. The summed E-state index contributed by atoms with van der Waals surface area (Å²) in [6.07, 6.45) is 1.22. The van der Waals surface area contributed by atoms with Gasteiger partial charge in [-0.2, -0.15) is 0 Å². The second-order valence-electron chi connectivity index (χ2n) is 7.09. The second kappa shape index (κ2) is 8.74. The lowest BCUT2D eigenvalue weighted by molar-refractivity contribution is 0.552. The van der Waals surface area contributed by atoms with E-state index in [4.69, 9.17) is 4.98 Å². The van der Waals surface area contributed by atoms with E-state index < -0.39 is 0 Å². The molecular formula is C17H33N3S. The maximum absolute atomic E-state index is 4.89. The van der Waals surface area contributed by atoms with E-state index in [0.29, 0.717) is 11.8 Å². The summed E-state index contributed by atoms with van der Waals surface area (Å²) in [5.74, 6) is 1.92. The van der Waals surface area contributed by atoms with E-state index >= 15 is 0 Å². The highest BCUT2D eigenvalue weighted by Crippen LogP contribution is 2.30. The van der Waals surface area contributed by atoms with Crippen LogP contribution < -0.4 is 10.2 Å². The van der Waals surface area contributed by atoms with E-state index in [9.17, 15) is 0 Å². The Morgan fingerprint density at radius 2 is 1.76 bits per heavy atom. The number of rotatable bonds is 9. The summed E-state index contributed by atoms with van der Waals surface area (Å²) in [6.45, 7) is 16.6. The highest BCUT2D eigenvalue weighted by Gasteiger charge is 2.16. The molecule has 1 heterocycles. The fraction of sp³-hybridized carbons (Fsp3) is 0.824. The zero-order valence-corrected chi connectivity index (χ0v) is 15.7. The number of anilines is 1. The zero-order valence-electron chi connectivity index (χ0n) is 14.9. The molecule has 0 saturated heterocycles. The van der Waals surface area contributed by atoms with Gasteiger partial charge in [-0.1, -0.05) is 41.5 Å². The van der Waals surface area contributed by atoms with Crippen molar-refractivity contribution < 1.29 is 0 Å². The van der Waals surface area contributed by atoms with Crippen LogP contribution in [0, 0.1) is 11.8 Å². The Labute approximate surface area is 135 Å². The molecule has 4 heteroatoms. The van der Waals surface area contributed by atoms with Crippen LogP contribution in [0.5, 0.6) is 0 Å². The number of hydrogen-bond donors (Lipinski definition) is 1. The van der Waals surface area contributed by atoms with Crippen molar-refractivity contribution in [3.8, 4) is 0 Å². The van der Waals surface area contributed by atoms with Crippen molar-refractivity contribution >= 4 is 16.5 Å². The molecular weight excluding hydrogens is 278 g/mol. The molecule has 0 unspecified atom stereocenters. The Morgan fingerprint density at radius 1 is 1.10 bits per heavy atom. The van der Waals surface area contributed by atoms with Gasteiger partial charge in [0, 0.05) is 25.0 Å². The molecule has 0 fully saturated rings. The Kier molecular flexibility index (Phi) is 7.67. The summed E-state index contributed by atoms with van der Waals surface area (Å²) in [4.78, 5) is 8.60. The van der Waals surface area contributed by atoms with E-state index in [-0.39, 0.29) is 0 Å². The van der Waals surface area contributed by atoms with Gasteiger partial charge in [-0.3, -0.25) is 0 Å². The fourth-order valence-electron chi connectivity index (χ4n) is 2.11. The van der Waals surface area contributed by atoms with Crippen LogP contribution in [0.15, 0.2) is 0 Å². The normalized spacial score (nSPS) is 11.9. The van der Waals surface area contributed by atoms with Crippen molar-refractivity contribution in [2.24, 2.45) is 11.8 Å². The Hall–Kier alpha value is -0.610. The molecule has 1 aromatic rings. The van der Waals surface area contributed by atoms with Gasteiger partial charge in [-0.15, -0.1) is 11.3 Å². The smallest absolute Gasteiger partial charge is 0.185 e. The van der Waals surface area contributed by atoms with Crippen molar-refractivity contribution in [2.45, 2.75) is 60.4 Å². The van der Waals surface area contributed by atoms with Gasteiger partial charge in [0.15, 0.2) is 5.13 Å². The Morgan fingerprint density at radius 3 is 2.29 bits per heavy atom. The largest absolute Gasteiger partial charge is 0.351 e. The SMILES string of the molecule is CC(C)CCN(C)c1nc(C(C)C)c(CNCC(C)C)s1. The van der Waals surface area contributed by atoms with Gasteiger partial charge in [0.25, 0.3) is 0 Å². The van der Waals surface area contributed by atoms with E-state index in [1.54, 1.807) is 0 Å². The van der Waals surface area contributed by atoms with Crippen LogP contribution in [-0.4, -0.2) is 25.1 Å². The first kappa shape index (κ1) is 18.4. The molecule has 0 bridgehead atoms. The van der Waals surface area contributed by atoms with E-state index in [2.05, 4.69) is 58.8 Å². The molecule has 0 spiro atoms. The monoisotopic (exact) mass is 311 g/mol. The highest BCUT2D eigenvalue weighted by atomic mass is 32.1. The molecule has 21 heavy (non-hydrogen) atoms. The zero-order chi connectivity index (χ0) is 16.0. The minimum atomic E-state index is 0.490. The molecule has 1 N–H and O–H groups in total. The second-order valence-corrected chi connectivity index (χ2v) is 8.15. The summed E-state index contributed by atoms with van der Waals surface area (Å²) < 4.78 is 0. The number of aromatic nitrogens is 1. The first-order valence-corrected chi connectivity index (χ1v) is 9.04. The van der Waals surface area contributed by atoms with Crippen LogP contribution in [0.1, 0.15) is 64.5 Å². The predicted molar refractivity (Wildman–Crippen MR) is 95.5 cm³/mol. The van der Waals surface area contributed by atoms with Gasteiger partial charge in [0.2, 0.25) is 0 Å². The van der Waals surface area contributed by atoms with Crippen LogP contribution in [0.3, 0.4) is 0 Å². The van der Waals surface area contributed by atoms with Crippen LogP contribution in [0.4, 0.5) is 5.13 Å². The van der Waals surface area contributed by atoms with E-state index in [0.717, 1.165) is 25.6 Å². The molecule has 3 nitrogen and oxygen atoms in total. The lowest BCUT2D eigenvalue weighted by atomic mass is 10.1. The number of nitrogens with zero attached hydrogens (tertiary/aromatic N) is 2. The van der Waals surface area contributed by atoms with Crippen LogP contribution in [0.2, 0.25) is 0 Å². The first-order valence-electron chi connectivity index (χ1n) is 8.22. The fourth-order valence-corrected chi connectivity index (χ4v) is 3.29. The quantitative estimate of drug-likeness (QED) is 0.728. The van der Waals surface area contributed by atoms with Crippen molar-refractivity contribution in [3.05, 3.63) is 10.6 Å². The van der Waals surface area contributed by atoms with E-state index in [1.807, 2.05) is 11.3 Å². The van der Waals surface area contributed by atoms with Crippen molar-refractivity contribution in [1.29, 1.82) is 0 Å². The van der Waals surface area contributed by atoms with Crippen LogP contribution in [-0.2, 0) is 6.54 Å². The number of thiazole rings is 1. The third kappa shape index (κ3) is 6.35. The predicted octanol–water partition coefficient (Wildman–Crippen LogP) is 4.49. The van der Waals surface area contributed by atoms with Gasteiger partial charge in [-0.25, -0.2) is 4.98 Å². The number of hydrogen-bond acceptors (Lipinski definition) is 4. The molecule has 0 saturated carbocycles. The third-order valence-corrected chi connectivity index (χ3v) is 4.66. The standard InChI is InChI=1S/C17H33N3S/c1-12(2)8-9-20(7)17-19-16(14(5)6)15(21-17)11-18-10-13(3)4/h12-14,18H,8-11H2,1-7H3. The topological polar surface area (TPSA) is 28.2 Å². The molecule has 122 valence electrons. The lowest BCUT2D eigenvalue weighted by Crippen LogP contribution is -2.19. The summed E-state index contributed by atoms with van der Waals surface area (Å²) in [5.41, 5.74) is 1.27. The van der Waals surface area contributed by atoms with Gasteiger partial charge in [0.05, 0.1) is 5.69 Å². The summed E-state index contributed by atoms with van der Waals surface area (Å²) in [5, 5.41) is 4.72. The van der Waals surface area contributed by atoms with Crippen LogP contribution in [0.25, 0.3) is 0 Å². The van der Waals surface area contributed by atoms with Gasteiger partial charge in [0.1, 0.15) is 0 Å². The molecule has 0 radical (unpaired) electrons. The molecule has 0 aromatic carbocycles. The molecule has 0 aliphatic carbocycles. The van der Waals surface area contributed by atoms with Gasteiger partial charge in [-0.05, 0) is 30.7 Å².